The van der Waals surface area contributed by atoms with E-state index in [1.807, 2.05) is 13.1 Å². The van der Waals surface area contributed by atoms with E-state index < -0.39 is 53.4 Å². The van der Waals surface area contributed by atoms with Gasteiger partial charge in [-0.05, 0) is 51.1 Å². The maximum absolute atomic E-state index is 13.7. The minimum absolute atomic E-state index is 0.0996. The quantitative estimate of drug-likeness (QED) is 0.366. The van der Waals surface area contributed by atoms with E-state index in [0.717, 1.165) is 18.1 Å². The van der Waals surface area contributed by atoms with Gasteiger partial charge in [-0.15, -0.1) is 0 Å². The molecule has 2 heterocycles. The van der Waals surface area contributed by atoms with Gasteiger partial charge in [-0.1, -0.05) is 36.4 Å². The number of aliphatic hydroxyl groups is 1. The molecule has 6 rings (SSSR count). The first-order valence-electron chi connectivity index (χ1n) is 14.1. The molecule has 2 aromatic carbocycles. The molecular formula is C31H30F3NO9. The molecule has 2 aliphatic carbocycles. The zero-order chi connectivity index (χ0) is 31.6. The van der Waals surface area contributed by atoms with Crippen LogP contribution in [0.5, 0.6) is 11.5 Å². The van der Waals surface area contributed by atoms with Gasteiger partial charge in [0.25, 0.3) is 0 Å². The summed E-state index contributed by atoms with van der Waals surface area (Å²) >= 11 is 0. The second-order valence-electron chi connectivity index (χ2n) is 11.5. The summed E-state index contributed by atoms with van der Waals surface area (Å²) in [6.07, 6.45) is -7.14. The normalized spacial score (nSPS) is 28.0. The first-order valence-corrected chi connectivity index (χ1v) is 14.1. The lowest BCUT2D eigenvalue weighted by Gasteiger charge is -2.61. The highest BCUT2D eigenvalue weighted by atomic mass is 19.4. The van der Waals surface area contributed by atoms with Crippen LogP contribution in [0.25, 0.3) is 0 Å². The molecule has 13 heteroatoms. The lowest BCUT2D eigenvalue weighted by Crippen LogP contribution is -2.74. The van der Waals surface area contributed by atoms with Gasteiger partial charge >= 0.3 is 24.1 Å². The number of alkyl halides is 3. The van der Waals surface area contributed by atoms with Crippen molar-refractivity contribution in [1.29, 1.82) is 0 Å². The molecule has 4 aliphatic rings. The molecule has 10 nitrogen and oxygen atoms in total. The van der Waals surface area contributed by atoms with Crippen molar-refractivity contribution in [2.45, 2.75) is 67.7 Å². The summed E-state index contributed by atoms with van der Waals surface area (Å²) in [6, 6.07) is 11.3. The molecule has 0 aromatic heterocycles. The number of carbonyl (C=O) groups excluding carboxylic acids is 3. The fraction of sp³-hybridized carbons (Fsp3) is 0.452. The number of likely N-dealkylation sites (N-methyl/N-ethyl adjacent to an activating group) is 1. The van der Waals surface area contributed by atoms with Crippen LogP contribution in [0.1, 0.15) is 42.6 Å². The largest absolute Gasteiger partial charge is 0.493 e. The number of halogens is 3. The Morgan fingerprint density at radius 3 is 2.50 bits per heavy atom. The number of benzene rings is 2. The fourth-order valence-corrected chi connectivity index (χ4v) is 7.12. The van der Waals surface area contributed by atoms with Crippen LogP contribution in [-0.4, -0.2) is 78.6 Å². The summed E-state index contributed by atoms with van der Waals surface area (Å²) in [5.74, 6) is -3.98. The molecule has 2 aromatic rings. The van der Waals surface area contributed by atoms with Crippen molar-refractivity contribution in [1.82, 2.24) is 4.90 Å². The number of methoxy groups -OCH3 is 1. The molecule has 0 saturated carbocycles. The van der Waals surface area contributed by atoms with Gasteiger partial charge in [-0.2, -0.15) is 13.2 Å². The molecule has 2 aliphatic heterocycles. The second kappa shape index (κ2) is 10.5. The van der Waals surface area contributed by atoms with Crippen molar-refractivity contribution >= 4 is 17.9 Å². The Morgan fingerprint density at radius 1 is 1.09 bits per heavy atom. The number of ether oxygens (including phenoxy) is 5. The van der Waals surface area contributed by atoms with Gasteiger partial charge in [0, 0.05) is 23.6 Å². The lowest BCUT2D eigenvalue weighted by molar-refractivity contribution is -0.208. The molecule has 0 amide bonds. The predicted molar refractivity (Wildman–Crippen MR) is 144 cm³/mol. The molecule has 1 N–H and O–H groups in total. The summed E-state index contributed by atoms with van der Waals surface area (Å²) in [5, 5.41) is 12.4. The molecule has 44 heavy (non-hydrogen) atoms. The zero-order valence-electron chi connectivity index (χ0n) is 24.1. The lowest BCUT2D eigenvalue weighted by atomic mass is 9.50. The van der Waals surface area contributed by atoms with Gasteiger partial charge in [0.15, 0.2) is 23.7 Å². The maximum Gasteiger partial charge on any atom is 0.490 e. The highest BCUT2D eigenvalue weighted by Crippen LogP contribution is 2.65. The number of esters is 3. The number of nitrogens with zero attached hydrogens (tertiary/aromatic N) is 1. The number of hydrogen-bond donors (Lipinski definition) is 1. The van der Waals surface area contributed by atoms with Crippen molar-refractivity contribution in [2.24, 2.45) is 0 Å². The maximum atomic E-state index is 13.7. The van der Waals surface area contributed by atoms with E-state index in [-0.39, 0.29) is 23.8 Å². The van der Waals surface area contributed by atoms with Crippen molar-refractivity contribution < 1.29 is 56.3 Å². The Labute approximate surface area is 250 Å². The van der Waals surface area contributed by atoms with Crippen LogP contribution in [0.4, 0.5) is 13.2 Å². The van der Waals surface area contributed by atoms with Crippen molar-refractivity contribution in [3.8, 4) is 11.5 Å². The van der Waals surface area contributed by atoms with Gasteiger partial charge in [0.1, 0.15) is 5.76 Å². The third-order valence-corrected chi connectivity index (χ3v) is 9.17. The van der Waals surface area contributed by atoms with Crippen LogP contribution in [0.2, 0.25) is 0 Å². The van der Waals surface area contributed by atoms with Gasteiger partial charge in [-0.25, -0.2) is 14.4 Å². The average Bonchev–Trinajstić information content (AvgIpc) is 3.34. The van der Waals surface area contributed by atoms with E-state index in [9.17, 15) is 32.7 Å². The number of carbonyl (C=O) groups is 3. The van der Waals surface area contributed by atoms with E-state index in [4.69, 9.17) is 18.9 Å². The number of piperidine rings is 1. The van der Waals surface area contributed by atoms with Gasteiger partial charge in [-0.3, -0.25) is 0 Å². The van der Waals surface area contributed by atoms with E-state index >= 15 is 0 Å². The van der Waals surface area contributed by atoms with E-state index in [2.05, 4.69) is 9.64 Å². The Bertz CT molecular complexity index is 1540. The summed E-state index contributed by atoms with van der Waals surface area (Å²) < 4.78 is 65.5. The summed E-state index contributed by atoms with van der Waals surface area (Å²) in [6.45, 7) is 1.54. The summed E-state index contributed by atoms with van der Waals surface area (Å²) in [5.41, 5.74) is -0.236. The Kier molecular flexibility index (Phi) is 7.16. The molecule has 1 saturated heterocycles. The van der Waals surface area contributed by atoms with Crippen molar-refractivity contribution in [2.75, 3.05) is 20.7 Å². The number of hydrogen-bond acceptors (Lipinski definition) is 10. The minimum atomic E-state index is -5.32. The van der Waals surface area contributed by atoms with Gasteiger partial charge in [0.05, 0.1) is 18.1 Å². The van der Waals surface area contributed by atoms with Crippen LogP contribution in [0.3, 0.4) is 0 Å². The van der Waals surface area contributed by atoms with Crippen LogP contribution < -0.4 is 9.47 Å². The van der Waals surface area contributed by atoms with E-state index in [0.29, 0.717) is 30.9 Å². The standard InChI is InChI=1S/C31H30F3NO9/c1-16(41-28(38)31(32,33)34)26(36)44-23(17-7-5-4-6-8-17)27(37)42-20-11-12-30(39)21-15-18-9-10-19(40-3)24-22(18)29(30,25(20)43-24)13-14-35(21)2/h4-11,16,21,23,25,39H,12-15H2,1-3H3/t16?,21-,23+,25+,29+,30-/m1/s1. The third-order valence-electron chi connectivity index (χ3n) is 9.17. The summed E-state index contributed by atoms with van der Waals surface area (Å²) in [7, 11) is 3.47. The average molecular weight is 618 g/mol. The monoisotopic (exact) mass is 617 g/mol. The topological polar surface area (TPSA) is 121 Å². The highest BCUT2D eigenvalue weighted by Gasteiger charge is 2.72. The molecule has 1 spiro atoms. The Morgan fingerprint density at radius 2 is 1.82 bits per heavy atom. The van der Waals surface area contributed by atoms with Crippen LogP contribution in [-0.2, 0) is 40.4 Å². The SMILES string of the molecule is COc1ccc2c3c1O[C@H]1C(OC(=O)[C@@H](OC(=O)C(C)OC(=O)C(F)(F)F)c4ccccc4)=CC[C@@]4(O)[C@@H](C2)N(C)CC[C@]314. The van der Waals surface area contributed by atoms with Crippen LogP contribution in [0.15, 0.2) is 54.3 Å². The van der Waals surface area contributed by atoms with Crippen LogP contribution >= 0.6 is 0 Å². The molecule has 6 atom stereocenters. The summed E-state index contributed by atoms with van der Waals surface area (Å²) in [4.78, 5) is 39.8. The Hall–Kier alpha value is -4.10. The predicted octanol–water partition coefficient (Wildman–Crippen LogP) is 3.29. The molecular weight excluding hydrogens is 587 g/mol. The number of rotatable bonds is 7. The van der Waals surface area contributed by atoms with E-state index in [1.54, 1.807) is 30.3 Å². The van der Waals surface area contributed by atoms with Gasteiger partial charge < -0.3 is 33.7 Å². The second-order valence-corrected chi connectivity index (χ2v) is 11.5. The zero-order valence-corrected chi connectivity index (χ0v) is 24.1. The highest BCUT2D eigenvalue weighted by molar-refractivity contribution is 5.85. The van der Waals surface area contributed by atoms with Crippen molar-refractivity contribution in [3.05, 3.63) is 71.0 Å². The first kappa shape index (κ1) is 29.9. The smallest absolute Gasteiger partial charge is 0.490 e. The van der Waals surface area contributed by atoms with Gasteiger partial charge in [0.2, 0.25) is 6.10 Å². The van der Waals surface area contributed by atoms with Crippen LogP contribution in [0, 0.1) is 0 Å². The molecule has 1 fully saturated rings. The number of likely N-dealkylation sites (tertiary alicyclic amines) is 1. The van der Waals surface area contributed by atoms with E-state index in [1.165, 1.54) is 19.2 Å². The minimum Gasteiger partial charge on any atom is -0.493 e. The molecule has 234 valence electrons. The molecule has 0 radical (unpaired) electrons. The molecule has 1 unspecified atom stereocenters. The third kappa shape index (κ3) is 4.43. The first-order chi connectivity index (χ1) is 20.8. The molecule has 2 bridgehead atoms. The Balaban J connectivity index is 1.32. The van der Waals surface area contributed by atoms with Crippen molar-refractivity contribution in [3.63, 3.8) is 0 Å². The fourth-order valence-electron chi connectivity index (χ4n) is 7.12.